The van der Waals surface area contributed by atoms with E-state index in [1.807, 2.05) is 30.3 Å². The van der Waals surface area contributed by atoms with Crippen LogP contribution in [0.1, 0.15) is 30.6 Å². The number of para-hydroxylation sites is 1. The molecule has 0 unspecified atom stereocenters. The number of ether oxygens (including phenoxy) is 2. The van der Waals surface area contributed by atoms with E-state index in [1.54, 1.807) is 13.8 Å². The van der Waals surface area contributed by atoms with Crippen LogP contribution < -0.4 is 14.8 Å². The Kier molecular flexibility index (Phi) is 8.48. The molecule has 0 radical (unpaired) electrons. The fraction of sp³-hybridized carbons (Fsp3) is 0.381. The first-order chi connectivity index (χ1) is 13.9. The summed E-state index contributed by atoms with van der Waals surface area (Å²) in [6.07, 6.45) is 0.611. The van der Waals surface area contributed by atoms with Crippen LogP contribution >= 0.6 is 0 Å². The third kappa shape index (κ3) is 5.95. The van der Waals surface area contributed by atoms with Gasteiger partial charge in [0, 0.05) is 19.6 Å². The fourth-order valence-electron chi connectivity index (χ4n) is 2.81. The Morgan fingerprint density at radius 2 is 1.76 bits per heavy atom. The molecule has 0 heterocycles. The van der Waals surface area contributed by atoms with Gasteiger partial charge in [-0.05, 0) is 36.8 Å². The van der Waals surface area contributed by atoms with Gasteiger partial charge < -0.3 is 14.8 Å². The molecule has 1 N–H and O–H groups in total. The number of rotatable bonds is 11. The largest absolute Gasteiger partial charge is 0.496 e. The van der Waals surface area contributed by atoms with Gasteiger partial charge >= 0.3 is 0 Å². The number of carbonyl (C=O) groups excluding carboxylic acids is 1. The average molecular weight is 421 g/mol. The lowest BCUT2D eigenvalue weighted by Gasteiger charge is -2.19. The van der Waals surface area contributed by atoms with Crippen LogP contribution in [0.3, 0.4) is 0 Å². The maximum atomic E-state index is 12.7. The quantitative estimate of drug-likeness (QED) is 0.565. The molecule has 0 spiro atoms. The summed E-state index contributed by atoms with van der Waals surface area (Å²) in [6.45, 7) is 5.10. The summed E-state index contributed by atoms with van der Waals surface area (Å²) >= 11 is 0. The second-order valence-corrected chi connectivity index (χ2v) is 8.16. The summed E-state index contributed by atoms with van der Waals surface area (Å²) in [7, 11) is -2.22. The van der Waals surface area contributed by atoms with Gasteiger partial charge in [-0.1, -0.05) is 32.0 Å². The molecule has 7 nitrogen and oxygen atoms in total. The second-order valence-electron chi connectivity index (χ2n) is 6.22. The zero-order chi connectivity index (χ0) is 21.3. The van der Waals surface area contributed by atoms with Crippen molar-refractivity contribution in [1.82, 2.24) is 9.62 Å². The number of nitrogens with zero attached hydrogens (tertiary/aromatic N) is 1. The first kappa shape index (κ1) is 22.7. The molecule has 2 aromatic carbocycles. The minimum absolute atomic E-state index is 0.0690. The van der Waals surface area contributed by atoms with Crippen molar-refractivity contribution in [1.29, 1.82) is 0 Å². The zero-order valence-corrected chi connectivity index (χ0v) is 17.9. The molecule has 2 rings (SSSR count). The number of carbonyl (C=O) groups is 1. The van der Waals surface area contributed by atoms with Crippen LogP contribution in [0, 0.1) is 0 Å². The number of sulfonamides is 1. The Morgan fingerprint density at radius 3 is 2.38 bits per heavy atom. The molecule has 1 amide bonds. The Morgan fingerprint density at radius 1 is 1.07 bits per heavy atom. The van der Waals surface area contributed by atoms with E-state index in [9.17, 15) is 13.2 Å². The van der Waals surface area contributed by atoms with Gasteiger partial charge in [-0.3, -0.25) is 4.79 Å². The van der Waals surface area contributed by atoms with E-state index in [1.165, 1.54) is 29.6 Å². The molecular weight excluding hydrogens is 392 g/mol. The molecule has 0 bridgehead atoms. The maximum Gasteiger partial charge on any atom is 0.255 e. The minimum atomic E-state index is -3.66. The van der Waals surface area contributed by atoms with Gasteiger partial charge in [0.2, 0.25) is 10.0 Å². The number of amides is 1. The van der Waals surface area contributed by atoms with Gasteiger partial charge in [-0.15, -0.1) is 0 Å². The van der Waals surface area contributed by atoms with Gasteiger partial charge in [0.1, 0.15) is 11.5 Å². The van der Waals surface area contributed by atoms with Crippen molar-refractivity contribution in [3.8, 4) is 11.5 Å². The summed E-state index contributed by atoms with van der Waals surface area (Å²) < 4.78 is 37.7. The molecule has 29 heavy (non-hydrogen) atoms. The van der Waals surface area contributed by atoms with Crippen LogP contribution in [0.4, 0.5) is 0 Å². The van der Waals surface area contributed by atoms with E-state index in [-0.39, 0.29) is 10.5 Å². The van der Waals surface area contributed by atoms with Crippen molar-refractivity contribution >= 4 is 15.9 Å². The smallest absolute Gasteiger partial charge is 0.255 e. The Hall–Kier alpha value is -2.58. The predicted octanol–water partition coefficient (Wildman–Crippen LogP) is 2.92. The SMILES string of the molecule is CCN(CC)S(=O)(=O)c1ccc(OC)c(C(=O)NCCCOc2ccccc2)c1. The van der Waals surface area contributed by atoms with Gasteiger partial charge in [0.15, 0.2) is 0 Å². The Bertz CT molecular complexity index is 897. The van der Waals surface area contributed by atoms with E-state index in [2.05, 4.69) is 5.32 Å². The molecular formula is C21H28N2O5S. The third-order valence-corrected chi connectivity index (χ3v) is 6.42. The van der Waals surface area contributed by atoms with Crippen LogP contribution in [0.2, 0.25) is 0 Å². The van der Waals surface area contributed by atoms with Gasteiger partial charge in [-0.25, -0.2) is 8.42 Å². The topological polar surface area (TPSA) is 84.9 Å². The average Bonchev–Trinajstić information content (AvgIpc) is 2.74. The van der Waals surface area contributed by atoms with Crippen molar-refractivity contribution < 1.29 is 22.7 Å². The van der Waals surface area contributed by atoms with Gasteiger partial charge in [-0.2, -0.15) is 4.31 Å². The number of hydrogen-bond donors (Lipinski definition) is 1. The molecule has 0 aromatic heterocycles. The van der Waals surface area contributed by atoms with Gasteiger partial charge in [0.25, 0.3) is 5.91 Å². The Balaban J connectivity index is 2.03. The number of benzene rings is 2. The molecule has 0 saturated carbocycles. The van der Waals surface area contributed by atoms with Crippen LogP contribution in [0.15, 0.2) is 53.4 Å². The van der Waals surface area contributed by atoms with Crippen molar-refractivity contribution in [3.63, 3.8) is 0 Å². The minimum Gasteiger partial charge on any atom is -0.496 e. The molecule has 2 aromatic rings. The highest BCUT2D eigenvalue weighted by molar-refractivity contribution is 7.89. The highest BCUT2D eigenvalue weighted by atomic mass is 32.2. The predicted molar refractivity (Wildman–Crippen MR) is 112 cm³/mol. The zero-order valence-electron chi connectivity index (χ0n) is 17.1. The number of methoxy groups -OCH3 is 1. The number of nitrogens with one attached hydrogen (secondary N) is 1. The van der Waals surface area contributed by atoms with Crippen molar-refractivity contribution in [2.75, 3.05) is 33.4 Å². The molecule has 0 aliphatic carbocycles. The van der Waals surface area contributed by atoms with E-state index >= 15 is 0 Å². The first-order valence-electron chi connectivity index (χ1n) is 9.58. The molecule has 0 fully saturated rings. The number of hydrogen-bond acceptors (Lipinski definition) is 5. The first-order valence-corrected chi connectivity index (χ1v) is 11.0. The Labute approximate surface area is 172 Å². The highest BCUT2D eigenvalue weighted by Gasteiger charge is 2.24. The molecule has 0 saturated heterocycles. The van der Waals surface area contributed by atoms with Crippen molar-refractivity contribution in [3.05, 3.63) is 54.1 Å². The normalized spacial score (nSPS) is 11.3. The van der Waals surface area contributed by atoms with Crippen molar-refractivity contribution in [2.24, 2.45) is 0 Å². The van der Waals surface area contributed by atoms with Crippen LogP contribution in [0.25, 0.3) is 0 Å². The lowest BCUT2D eigenvalue weighted by Crippen LogP contribution is -2.31. The standard InChI is InChI=1S/C21H28N2O5S/c1-4-23(5-2)29(25,26)18-12-13-20(27-3)19(16-18)21(24)22-14-9-15-28-17-10-7-6-8-11-17/h6-8,10-13,16H,4-5,9,14-15H2,1-3H3,(H,22,24). The molecule has 0 atom stereocenters. The van der Waals surface area contributed by atoms with Crippen LogP contribution in [0.5, 0.6) is 11.5 Å². The summed E-state index contributed by atoms with van der Waals surface area (Å²) in [6, 6.07) is 13.7. The van der Waals surface area contributed by atoms with E-state index in [0.717, 1.165) is 5.75 Å². The summed E-state index contributed by atoms with van der Waals surface area (Å²) in [4.78, 5) is 12.7. The van der Waals surface area contributed by atoms with E-state index in [4.69, 9.17) is 9.47 Å². The fourth-order valence-corrected chi connectivity index (χ4v) is 4.30. The summed E-state index contributed by atoms with van der Waals surface area (Å²) in [5.41, 5.74) is 0.185. The molecule has 0 aliphatic heterocycles. The van der Waals surface area contributed by atoms with Crippen molar-refractivity contribution in [2.45, 2.75) is 25.2 Å². The third-order valence-electron chi connectivity index (χ3n) is 4.38. The highest BCUT2D eigenvalue weighted by Crippen LogP contribution is 2.24. The molecule has 8 heteroatoms. The molecule has 0 aliphatic rings. The molecule has 158 valence electrons. The van der Waals surface area contributed by atoms with Gasteiger partial charge in [0.05, 0.1) is 24.2 Å². The summed E-state index contributed by atoms with van der Waals surface area (Å²) in [5, 5.41) is 2.79. The van der Waals surface area contributed by atoms with Crippen LogP contribution in [-0.4, -0.2) is 52.0 Å². The lowest BCUT2D eigenvalue weighted by molar-refractivity contribution is 0.0948. The monoisotopic (exact) mass is 420 g/mol. The van der Waals surface area contributed by atoms with Crippen LogP contribution in [-0.2, 0) is 10.0 Å². The maximum absolute atomic E-state index is 12.7. The van der Waals surface area contributed by atoms with E-state index < -0.39 is 15.9 Å². The van der Waals surface area contributed by atoms with E-state index in [0.29, 0.717) is 38.4 Å². The second kappa shape index (κ2) is 10.8. The summed E-state index contributed by atoms with van der Waals surface area (Å²) in [5.74, 6) is 0.703. The lowest BCUT2D eigenvalue weighted by atomic mass is 10.2.